The van der Waals surface area contributed by atoms with Crippen LogP contribution in [-0.4, -0.2) is 84.1 Å². The molecule has 2 fully saturated rings. The van der Waals surface area contributed by atoms with E-state index in [9.17, 15) is 23.6 Å². The number of amides is 4. The van der Waals surface area contributed by atoms with Gasteiger partial charge < -0.3 is 29.9 Å². The predicted octanol–water partition coefficient (Wildman–Crippen LogP) is 4.00. The van der Waals surface area contributed by atoms with Crippen LogP contribution >= 0.6 is 0 Å². The van der Waals surface area contributed by atoms with Crippen LogP contribution in [0.4, 0.5) is 9.18 Å². The van der Waals surface area contributed by atoms with Crippen molar-refractivity contribution in [3.05, 3.63) is 71.5 Å². The van der Waals surface area contributed by atoms with Crippen LogP contribution in [0.5, 0.6) is 0 Å². The third-order valence-corrected chi connectivity index (χ3v) is 8.38. The van der Waals surface area contributed by atoms with E-state index >= 15 is 0 Å². The van der Waals surface area contributed by atoms with E-state index in [0.29, 0.717) is 31.5 Å². The molecule has 10 nitrogen and oxygen atoms in total. The molecule has 4 amide bonds. The second-order valence-electron chi connectivity index (χ2n) is 13.6. The minimum Gasteiger partial charge on any atom is -0.444 e. The highest BCUT2D eigenvalue weighted by atomic mass is 19.1. The van der Waals surface area contributed by atoms with E-state index in [1.807, 2.05) is 30.3 Å². The fourth-order valence-electron chi connectivity index (χ4n) is 6.13. The van der Waals surface area contributed by atoms with Gasteiger partial charge >= 0.3 is 6.09 Å². The van der Waals surface area contributed by atoms with Gasteiger partial charge in [0.05, 0.1) is 18.6 Å². The van der Waals surface area contributed by atoms with Crippen LogP contribution in [0.25, 0.3) is 0 Å². The SMILES string of the molecule is CN1CC(c2ccccc2)C2(CCCN(C(=O)C(COCc3ccc(F)cc3)NC(=O)C(C)(C)NC(=O)OC(C)(C)C)C2)C1=O. The average molecular weight is 625 g/mol. The largest absolute Gasteiger partial charge is 0.444 e. The number of ether oxygens (including phenoxy) is 2. The Labute approximate surface area is 264 Å². The zero-order chi connectivity index (χ0) is 33.0. The zero-order valence-electron chi connectivity index (χ0n) is 27.0. The van der Waals surface area contributed by atoms with Crippen LogP contribution in [-0.2, 0) is 30.5 Å². The lowest BCUT2D eigenvalue weighted by molar-refractivity contribution is -0.147. The maximum Gasteiger partial charge on any atom is 0.408 e. The summed E-state index contributed by atoms with van der Waals surface area (Å²) in [6.45, 7) is 9.26. The van der Waals surface area contributed by atoms with E-state index in [4.69, 9.17) is 9.47 Å². The van der Waals surface area contributed by atoms with Gasteiger partial charge in [0.2, 0.25) is 17.7 Å². The van der Waals surface area contributed by atoms with Crippen LogP contribution < -0.4 is 10.6 Å². The van der Waals surface area contributed by atoms with Crippen molar-refractivity contribution in [2.75, 3.05) is 33.3 Å². The molecule has 2 aliphatic rings. The first-order valence-electron chi connectivity index (χ1n) is 15.3. The quantitative estimate of drug-likeness (QED) is 0.436. The molecule has 0 radical (unpaired) electrons. The Morgan fingerprint density at radius 2 is 1.71 bits per heavy atom. The summed E-state index contributed by atoms with van der Waals surface area (Å²) in [6.07, 6.45) is 0.494. The third-order valence-electron chi connectivity index (χ3n) is 8.38. The third kappa shape index (κ3) is 8.19. The molecule has 0 bridgehead atoms. The molecule has 0 aliphatic carbocycles. The number of likely N-dealkylation sites (N-methyl/N-ethyl adjacent to an activating group) is 1. The first-order chi connectivity index (χ1) is 21.1. The Morgan fingerprint density at radius 1 is 1.04 bits per heavy atom. The van der Waals surface area contributed by atoms with Crippen molar-refractivity contribution < 1.29 is 33.0 Å². The first kappa shape index (κ1) is 33.9. The summed E-state index contributed by atoms with van der Waals surface area (Å²) in [4.78, 5) is 57.2. The molecule has 2 saturated heterocycles. The second-order valence-corrected chi connectivity index (χ2v) is 13.6. The number of benzene rings is 2. The van der Waals surface area contributed by atoms with Crippen LogP contribution in [0.2, 0.25) is 0 Å². The molecule has 3 atom stereocenters. The highest BCUT2D eigenvalue weighted by molar-refractivity contribution is 5.94. The van der Waals surface area contributed by atoms with Gasteiger partial charge in [-0.1, -0.05) is 42.5 Å². The summed E-state index contributed by atoms with van der Waals surface area (Å²) in [5.74, 6) is -1.46. The van der Waals surface area contributed by atoms with E-state index in [1.165, 1.54) is 26.0 Å². The van der Waals surface area contributed by atoms with Crippen LogP contribution in [0.15, 0.2) is 54.6 Å². The molecule has 11 heteroatoms. The number of rotatable bonds is 9. The highest BCUT2D eigenvalue weighted by Gasteiger charge is 2.56. The van der Waals surface area contributed by atoms with Crippen molar-refractivity contribution >= 4 is 23.8 Å². The molecule has 4 rings (SSSR count). The Balaban J connectivity index is 1.54. The van der Waals surface area contributed by atoms with E-state index in [2.05, 4.69) is 10.6 Å². The standard InChI is InChI=1S/C34H45FN4O6/c1-32(2,3)45-31(43)37-33(4,5)29(41)36-27(21-44-20-23-13-15-25(35)16-14-23)28(40)39-18-10-17-34(22-39)26(19-38(6)30(34)42)24-11-8-7-9-12-24/h7-9,11-16,26-27H,10,17-22H2,1-6H3,(H,36,41)(H,37,43). The molecule has 3 unspecified atom stereocenters. The predicted molar refractivity (Wildman–Crippen MR) is 167 cm³/mol. The minimum atomic E-state index is -1.43. The molecule has 244 valence electrons. The maximum absolute atomic E-state index is 14.2. The van der Waals surface area contributed by atoms with E-state index in [-0.39, 0.29) is 43.3 Å². The maximum atomic E-state index is 14.2. The Bertz CT molecular complexity index is 1380. The Hall–Kier alpha value is -3.99. The average Bonchev–Trinajstić information content (AvgIpc) is 3.21. The summed E-state index contributed by atoms with van der Waals surface area (Å²) < 4.78 is 24.6. The number of halogens is 1. The molecular formula is C34H45FN4O6. The molecule has 1 spiro atoms. The molecule has 45 heavy (non-hydrogen) atoms. The Kier molecular flexibility index (Phi) is 10.2. The zero-order valence-corrected chi connectivity index (χ0v) is 27.0. The van der Waals surface area contributed by atoms with Gasteiger partial charge in [0, 0.05) is 32.6 Å². The van der Waals surface area contributed by atoms with Gasteiger partial charge in [-0.3, -0.25) is 14.4 Å². The van der Waals surface area contributed by atoms with Gasteiger partial charge in [0.15, 0.2) is 0 Å². The lowest BCUT2D eigenvalue weighted by Gasteiger charge is -2.43. The van der Waals surface area contributed by atoms with Crippen LogP contribution in [0, 0.1) is 11.2 Å². The van der Waals surface area contributed by atoms with Crippen molar-refractivity contribution in [3.63, 3.8) is 0 Å². The summed E-state index contributed by atoms with van der Waals surface area (Å²) in [7, 11) is 1.79. The summed E-state index contributed by atoms with van der Waals surface area (Å²) in [5, 5.41) is 5.35. The highest BCUT2D eigenvalue weighted by Crippen LogP contribution is 2.49. The number of hydrogen-bond donors (Lipinski definition) is 2. The molecule has 2 aromatic rings. The lowest BCUT2D eigenvalue weighted by atomic mass is 9.69. The van der Waals surface area contributed by atoms with Crippen molar-refractivity contribution in [2.24, 2.45) is 5.41 Å². The minimum absolute atomic E-state index is 0.00434. The number of alkyl carbamates (subject to hydrolysis) is 1. The molecule has 2 aromatic carbocycles. The first-order valence-corrected chi connectivity index (χ1v) is 15.3. The smallest absolute Gasteiger partial charge is 0.408 e. The molecule has 0 saturated carbocycles. The summed E-state index contributed by atoms with van der Waals surface area (Å²) >= 11 is 0. The number of carbonyl (C=O) groups excluding carboxylic acids is 4. The fraction of sp³-hybridized carbons (Fsp3) is 0.529. The molecule has 0 aromatic heterocycles. The molecule has 2 heterocycles. The van der Waals surface area contributed by atoms with Crippen molar-refractivity contribution in [1.82, 2.24) is 20.4 Å². The molecule has 2 N–H and O–H groups in total. The topological polar surface area (TPSA) is 117 Å². The van der Waals surface area contributed by atoms with Gasteiger partial charge in [-0.15, -0.1) is 0 Å². The molecular weight excluding hydrogens is 579 g/mol. The van der Waals surface area contributed by atoms with Crippen molar-refractivity contribution in [1.29, 1.82) is 0 Å². The lowest BCUT2D eigenvalue weighted by Crippen LogP contribution is -2.62. The second kappa shape index (κ2) is 13.6. The van der Waals surface area contributed by atoms with E-state index in [0.717, 1.165) is 5.56 Å². The number of likely N-dealkylation sites (tertiary alicyclic amines) is 2. The van der Waals surface area contributed by atoms with Gasteiger partial charge in [-0.2, -0.15) is 0 Å². The van der Waals surface area contributed by atoms with Gasteiger partial charge in [0.25, 0.3) is 0 Å². The fourth-order valence-corrected chi connectivity index (χ4v) is 6.13. The number of carbonyl (C=O) groups is 4. The van der Waals surface area contributed by atoms with Gasteiger partial charge in [-0.25, -0.2) is 9.18 Å². The number of nitrogens with one attached hydrogen (secondary N) is 2. The van der Waals surface area contributed by atoms with Crippen molar-refractivity contribution in [3.8, 4) is 0 Å². The molecule has 2 aliphatic heterocycles. The van der Waals surface area contributed by atoms with Crippen molar-refractivity contribution in [2.45, 2.75) is 77.2 Å². The summed E-state index contributed by atoms with van der Waals surface area (Å²) in [6, 6.07) is 14.6. The summed E-state index contributed by atoms with van der Waals surface area (Å²) in [5.41, 5.74) is -1.24. The van der Waals surface area contributed by atoms with Crippen LogP contribution in [0.3, 0.4) is 0 Å². The van der Waals surface area contributed by atoms with Gasteiger partial charge in [-0.05, 0) is 70.7 Å². The van der Waals surface area contributed by atoms with Crippen LogP contribution in [0.1, 0.15) is 64.5 Å². The Morgan fingerprint density at radius 3 is 2.36 bits per heavy atom. The van der Waals surface area contributed by atoms with E-state index < -0.39 is 34.6 Å². The number of nitrogens with zero attached hydrogens (tertiary/aromatic N) is 2. The normalized spacial score (nSPS) is 21.0. The van der Waals surface area contributed by atoms with Gasteiger partial charge in [0.1, 0.15) is 23.0 Å². The monoisotopic (exact) mass is 624 g/mol. The number of hydrogen-bond acceptors (Lipinski definition) is 6. The van der Waals surface area contributed by atoms with E-state index in [1.54, 1.807) is 49.8 Å². The number of piperidine rings is 1.